The monoisotopic (exact) mass is 475 g/mol. The first-order chi connectivity index (χ1) is 16.2. The Morgan fingerprint density at radius 1 is 0.912 bits per heavy atom. The minimum absolute atomic E-state index is 0.121. The van der Waals surface area contributed by atoms with E-state index in [1.54, 1.807) is 24.3 Å². The lowest BCUT2D eigenvalue weighted by atomic mass is 10.2. The van der Waals surface area contributed by atoms with Crippen molar-refractivity contribution in [1.82, 2.24) is 25.3 Å². The van der Waals surface area contributed by atoms with Gasteiger partial charge in [0.2, 0.25) is 11.8 Å². The maximum absolute atomic E-state index is 12.7. The highest BCUT2D eigenvalue weighted by Crippen LogP contribution is 2.18. The Balaban J connectivity index is 1.71. The molecule has 184 valence electrons. The Labute approximate surface area is 195 Å². The van der Waals surface area contributed by atoms with Crippen LogP contribution in [0.15, 0.2) is 24.3 Å². The van der Waals surface area contributed by atoms with E-state index in [0.717, 1.165) is 16.0 Å². The Bertz CT molecular complexity index is 1050. The number of carboxylic acids is 2. The molecule has 12 heteroatoms. The van der Waals surface area contributed by atoms with Gasteiger partial charge in [-0.1, -0.05) is 24.6 Å². The second-order valence-electron chi connectivity index (χ2n) is 7.73. The van der Waals surface area contributed by atoms with Gasteiger partial charge in [0.25, 0.3) is 0 Å². The van der Waals surface area contributed by atoms with E-state index >= 15 is 0 Å². The smallest absolute Gasteiger partial charge is 0.357 e. The number of carboxylic acid groups (broad SMARTS) is 2. The van der Waals surface area contributed by atoms with E-state index in [1.165, 1.54) is 7.05 Å². The number of aromatic nitrogens is 2. The van der Waals surface area contributed by atoms with Crippen molar-refractivity contribution >= 4 is 40.7 Å². The van der Waals surface area contributed by atoms with Crippen LogP contribution in [0.1, 0.15) is 49.0 Å². The number of nitrogens with zero attached hydrogens (tertiary/aromatic N) is 3. The molecule has 2 rings (SSSR count). The number of rotatable bonds is 13. The molecule has 34 heavy (non-hydrogen) atoms. The summed E-state index contributed by atoms with van der Waals surface area (Å²) in [7, 11) is 1.41. The number of hydrogen-bond donors (Lipinski definition) is 4. The molecule has 0 spiro atoms. The van der Waals surface area contributed by atoms with Gasteiger partial charge in [-0.25, -0.2) is 9.59 Å². The normalized spacial score (nSPS) is 10.6. The van der Waals surface area contributed by atoms with Crippen molar-refractivity contribution in [3.63, 3.8) is 0 Å². The van der Waals surface area contributed by atoms with E-state index < -0.39 is 23.9 Å². The van der Waals surface area contributed by atoms with Gasteiger partial charge >= 0.3 is 18.0 Å². The van der Waals surface area contributed by atoms with Crippen LogP contribution in [0.2, 0.25) is 0 Å². The van der Waals surface area contributed by atoms with Crippen LogP contribution in [0, 0.1) is 0 Å². The number of nitrogens with one attached hydrogen (secondary N) is 2. The summed E-state index contributed by atoms with van der Waals surface area (Å²) in [6.07, 6.45) is 2.76. The molecule has 3 amide bonds. The Morgan fingerprint density at radius 2 is 1.59 bits per heavy atom. The maximum atomic E-state index is 12.7. The molecule has 2 aromatic rings. The highest BCUT2D eigenvalue weighted by Gasteiger charge is 2.22. The predicted octanol–water partition coefficient (Wildman–Crippen LogP) is 1.29. The van der Waals surface area contributed by atoms with E-state index in [2.05, 4.69) is 15.7 Å². The van der Waals surface area contributed by atoms with E-state index in [9.17, 15) is 29.1 Å². The Hall–Kier alpha value is -3.96. The fraction of sp³-hybridized carbons (Fsp3) is 0.455. The van der Waals surface area contributed by atoms with Crippen molar-refractivity contribution in [3.05, 3.63) is 30.0 Å². The first-order valence-corrected chi connectivity index (χ1v) is 10.9. The number of carbonyl (C=O) groups is 5. The van der Waals surface area contributed by atoms with Gasteiger partial charge in [-0.3, -0.25) is 14.4 Å². The van der Waals surface area contributed by atoms with Crippen LogP contribution in [0.5, 0.6) is 0 Å². The molecule has 0 aliphatic heterocycles. The molecular formula is C22H29N5O7. The maximum Gasteiger partial charge on any atom is 0.357 e. The minimum atomic E-state index is -1.26. The topological polar surface area (TPSA) is 171 Å². The second kappa shape index (κ2) is 12.9. The summed E-state index contributed by atoms with van der Waals surface area (Å²) in [6, 6.07) is 5.77. The third kappa shape index (κ3) is 7.87. The van der Waals surface area contributed by atoms with Crippen molar-refractivity contribution in [2.45, 2.75) is 38.5 Å². The molecule has 1 aromatic carbocycles. The SMILES string of the molecule is CN(CC(=O)NCCCC(=O)NCCCCCC(=O)O)C(=O)n1nc(C(=O)O)c2ccccc21. The van der Waals surface area contributed by atoms with Gasteiger partial charge in [-0.15, -0.1) is 0 Å². The van der Waals surface area contributed by atoms with Crippen LogP contribution < -0.4 is 10.6 Å². The molecule has 0 saturated carbocycles. The number of benzene rings is 1. The Morgan fingerprint density at radius 3 is 2.29 bits per heavy atom. The summed E-state index contributed by atoms with van der Waals surface area (Å²) >= 11 is 0. The molecule has 12 nitrogen and oxygen atoms in total. The summed E-state index contributed by atoms with van der Waals surface area (Å²) in [6.45, 7) is 0.460. The van der Waals surface area contributed by atoms with E-state index in [-0.39, 0.29) is 37.5 Å². The third-order valence-corrected chi connectivity index (χ3v) is 4.97. The number of hydrogen-bond acceptors (Lipinski definition) is 6. The molecule has 0 radical (unpaired) electrons. The summed E-state index contributed by atoms with van der Waals surface area (Å²) in [5.41, 5.74) is 0.0744. The first kappa shape index (κ1) is 26.3. The zero-order valence-electron chi connectivity index (χ0n) is 19.0. The van der Waals surface area contributed by atoms with E-state index in [1.807, 2.05) is 0 Å². The van der Waals surface area contributed by atoms with Gasteiger partial charge in [0.1, 0.15) is 6.54 Å². The van der Waals surface area contributed by atoms with Crippen LogP contribution in [0.25, 0.3) is 10.9 Å². The lowest BCUT2D eigenvalue weighted by molar-refractivity contribution is -0.137. The lowest BCUT2D eigenvalue weighted by Gasteiger charge is -2.16. The number of amides is 3. The average molecular weight is 476 g/mol. The standard InChI is InChI=1S/C22H29N5O7/c1-26(22(34)27-16-9-5-4-8-15(16)20(25-27)21(32)33)14-18(29)24-13-7-10-17(28)23-12-6-2-3-11-19(30)31/h4-5,8-9H,2-3,6-7,10-14H2,1H3,(H,23,28)(H,24,29)(H,30,31)(H,32,33). The zero-order valence-corrected chi connectivity index (χ0v) is 19.0. The van der Waals surface area contributed by atoms with Gasteiger partial charge in [0, 0.05) is 38.4 Å². The van der Waals surface area contributed by atoms with Crippen molar-refractivity contribution in [2.24, 2.45) is 0 Å². The molecule has 0 aliphatic carbocycles. The van der Waals surface area contributed by atoms with Gasteiger partial charge < -0.3 is 25.7 Å². The molecule has 1 aromatic heterocycles. The molecule has 0 saturated heterocycles. The molecule has 0 atom stereocenters. The quantitative estimate of drug-likeness (QED) is 0.314. The van der Waals surface area contributed by atoms with Gasteiger partial charge in [0.05, 0.1) is 5.52 Å². The van der Waals surface area contributed by atoms with Crippen molar-refractivity contribution in [2.75, 3.05) is 26.7 Å². The van der Waals surface area contributed by atoms with Gasteiger partial charge in [-0.2, -0.15) is 9.78 Å². The molecular weight excluding hydrogens is 446 g/mol. The van der Waals surface area contributed by atoms with Crippen LogP contribution in [-0.2, 0) is 14.4 Å². The molecule has 1 heterocycles. The number of aliphatic carboxylic acids is 1. The largest absolute Gasteiger partial charge is 0.481 e. The summed E-state index contributed by atoms with van der Waals surface area (Å²) in [4.78, 5) is 59.6. The lowest BCUT2D eigenvalue weighted by Crippen LogP contribution is -2.41. The predicted molar refractivity (Wildman–Crippen MR) is 121 cm³/mol. The zero-order chi connectivity index (χ0) is 25.1. The molecule has 0 bridgehead atoms. The summed E-state index contributed by atoms with van der Waals surface area (Å²) in [5, 5.41) is 27.5. The van der Waals surface area contributed by atoms with E-state index in [4.69, 9.17) is 5.11 Å². The van der Waals surface area contributed by atoms with Gasteiger partial charge in [0.15, 0.2) is 5.69 Å². The van der Waals surface area contributed by atoms with Crippen LogP contribution in [-0.4, -0.2) is 81.4 Å². The molecule has 0 aliphatic rings. The van der Waals surface area contributed by atoms with Crippen LogP contribution in [0.3, 0.4) is 0 Å². The molecule has 4 N–H and O–H groups in total. The number of carbonyl (C=O) groups excluding carboxylic acids is 3. The highest BCUT2D eigenvalue weighted by molar-refractivity contribution is 6.04. The van der Waals surface area contributed by atoms with Crippen molar-refractivity contribution in [3.8, 4) is 0 Å². The number of aromatic carboxylic acids is 1. The molecule has 0 fully saturated rings. The second-order valence-corrected chi connectivity index (χ2v) is 7.73. The first-order valence-electron chi connectivity index (χ1n) is 10.9. The van der Waals surface area contributed by atoms with Crippen molar-refractivity contribution < 1.29 is 34.2 Å². The summed E-state index contributed by atoms with van der Waals surface area (Å²) < 4.78 is 0.956. The fourth-order valence-corrected chi connectivity index (χ4v) is 3.24. The average Bonchev–Trinajstić information content (AvgIpc) is 3.18. The van der Waals surface area contributed by atoms with Crippen molar-refractivity contribution in [1.29, 1.82) is 0 Å². The number of unbranched alkanes of at least 4 members (excludes halogenated alkanes) is 2. The Kier molecular flexibility index (Phi) is 9.99. The highest BCUT2D eigenvalue weighted by atomic mass is 16.4. The number of fused-ring (bicyclic) bond motifs is 1. The number of para-hydroxylation sites is 1. The van der Waals surface area contributed by atoms with E-state index in [0.29, 0.717) is 36.7 Å². The molecule has 0 unspecified atom stereocenters. The minimum Gasteiger partial charge on any atom is -0.481 e. The van der Waals surface area contributed by atoms with Gasteiger partial charge in [-0.05, 0) is 25.3 Å². The number of likely N-dealkylation sites (N-methyl/N-ethyl adjacent to an activating group) is 1. The summed E-state index contributed by atoms with van der Waals surface area (Å²) in [5.74, 6) is -2.67. The third-order valence-electron chi connectivity index (χ3n) is 4.97. The fourth-order valence-electron chi connectivity index (χ4n) is 3.24. The van der Waals surface area contributed by atoms with Crippen LogP contribution >= 0.6 is 0 Å². The van der Waals surface area contributed by atoms with Crippen LogP contribution in [0.4, 0.5) is 4.79 Å².